The van der Waals surface area contributed by atoms with Gasteiger partial charge in [0.25, 0.3) is 0 Å². The summed E-state index contributed by atoms with van der Waals surface area (Å²) in [4.78, 5) is 35.7. The number of hydrogen-bond acceptors (Lipinski definition) is 6. The molecule has 0 aliphatic carbocycles. The zero-order valence-corrected chi connectivity index (χ0v) is 18.8. The molecule has 2 aromatic rings. The number of rotatable bonds is 7. The molecule has 3 heterocycles. The maximum atomic E-state index is 13.0. The van der Waals surface area contributed by atoms with Gasteiger partial charge in [-0.3, -0.25) is 19.4 Å². The molecule has 0 bridgehead atoms. The number of piperazine rings is 1. The Labute approximate surface area is 187 Å². The first-order valence-electron chi connectivity index (χ1n) is 10.7. The Morgan fingerprint density at radius 3 is 2.58 bits per heavy atom. The zero-order chi connectivity index (χ0) is 21.8. The minimum atomic E-state index is 0.0188. The van der Waals surface area contributed by atoms with Crippen LogP contribution in [-0.2, 0) is 16.0 Å². The topological polar surface area (TPSA) is 68.8 Å². The highest BCUT2D eigenvalue weighted by atomic mass is 32.1. The first-order chi connectivity index (χ1) is 15.0. The van der Waals surface area contributed by atoms with Crippen molar-refractivity contribution in [2.75, 3.05) is 57.3 Å². The van der Waals surface area contributed by atoms with Gasteiger partial charge >= 0.3 is 0 Å². The van der Waals surface area contributed by atoms with Gasteiger partial charge in [0.1, 0.15) is 0 Å². The maximum Gasteiger partial charge on any atom is 0.241 e. The van der Waals surface area contributed by atoms with Crippen molar-refractivity contribution in [2.45, 2.75) is 13.3 Å². The first kappa shape index (κ1) is 21.7. The van der Waals surface area contributed by atoms with Crippen LogP contribution in [0.1, 0.15) is 10.6 Å². The number of hydrogen-bond donors (Lipinski definition) is 1. The van der Waals surface area contributed by atoms with Crippen LogP contribution in [-0.4, -0.2) is 79.0 Å². The predicted octanol–water partition coefficient (Wildman–Crippen LogP) is 1.93. The first-order valence-corrected chi connectivity index (χ1v) is 11.6. The molecule has 4 rings (SSSR count). The third kappa shape index (κ3) is 5.20. The van der Waals surface area contributed by atoms with E-state index in [9.17, 15) is 9.59 Å². The Morgan fingerprint density at radius 1 is 1.16 bits per heavy atom. The molecule has 0 unspecified atom stereocenters. The molecule has 1 N–H and O–H groups in total. The molecule has 0 spiro atoms. The summed E-state index contributed by atoms with van der Waals surface area (Å²) < 4.78 is 0. The minimum absolute atomic E-state index is 0.0188. The monoisotopic (exact) mass is 439 g/mol. The van der Waals surface area contributed by atoms with Crippen molar-refractivity contribution >= 4 is 28.8 Å². The molecule has 2 amide bonds. The molecule has 31 heavy (non-hydrogen) atoms. The van der Waals surface area contributed by atoms with E-state index in [0.717, 1.165) is 61.1 Å². The van der Waals surface area contributed by atoms with Gasteiger partial charge in [-0.25, -0.2) is 4.98 Å². The van der Waals surface area contributed by atoms with Crippen LogP contribution in [0.5, 0.6) is 0 Å². The van der Waals surface area contributed by atoms with E-state index in [1.165, 1.54) is 5.56 Å². The van der Waals surface area contributed by atoms with Crippen molar-refractivity contribution in [1.82, 2.24) is 20.1 Å². The van der Waals surface area contributed by atoms with Crippen LogP contribution in [0.3, 0.4) is 0 Å². The smallest absolute Gasteiger partial charge is 0.241 e. The Bertz CT molecular complexity index is 965. The summed E-state index contributed by atoms with van der Waals surface area (Å²) in [5.41, 5.74) is 4.36. The number of carbonyl (C=O) groups excluding carboxylic acids is 2. The molecule has 164 valence electrons. The van der Waals surface area contributed by atoms with E-state index in [1.54, 1.807) is 17.4 Å². The van der Waals surface area contributed by atoms with E-state index in [1.807, 2.05) is 11.8 Å². The molecule has 2 aliphatic rings. The summed E-state index contributed by atoms with van der Waals surface area (Å²) in [6.45, 7) is 10.8. The third-order valence-electron chi connectivity index (χ3n) is 5.83. The number of aromatic nitrogens is 1. The SMILES string of the molecule is C=CCNC(=O)CN1CCN(CC(=O)N2CCc3cc(-c4csc(C)n4)ccc32)CC1. The van der Waals surface area contributed by atoms with Gasteiger partial charge in [0.05, 0.1) is 23.8 Å². The number of amides is 2. The fourth-order valence-corrected chi connectivity index (χ4v) is 4.77. The van der Waals surface area contributed by atoms with E-state index >= 15 is 0 Å². The fourth-order valence-electron chi connectivity index (χ4n) is 4.14. The number of aryl methyl sites for hydroxylation is 1. The highest BCUT2D eigenvalue weighted by molar-refractivity contribution is 7.09. The van der Waals surface area contributed by atoms with Crippen molar-refractivity contribution in [2.24, 2.45) is 0 Å². The number of carbonyl (C=O) groups is 2. The lowest BCUT2D eigenvalue weighted by atomic mass is 10.1. The molecule has 7 nitrogen and oxygen atoms in total. The van der Waals surface area contributed by atoms with E-state index in [2.05, 4.69) is 50.3 Å². The average molecular weight is 440 g/mol. The summed E-state index contributed by atoms with van der Waals surface area (Å²) in [7, 11) is 0. The van der Waals surface area contributed by atoms with Crippen LogP contribution < -0.4 is 10.2 Å². The van der Waals surface area contributed by atoms with E-state index in [0.29, 0.717) is 19.6 Å². The van der Waals surface area contributed by atoms with Crippen LogP contribution in [0.2, 0.25) is 0 Å². The van der Waals surface area contributed by atoms with Crippen LogP contribution >= 0.6 is 11.3 Å². The Balaban J connectivity index is 1.30. The van der Waals surface area contributed by atoms with Gasteiger partial charge in [0.15, 0.2) is 0 Å². The van der Waals surface area contributed by atoms with Crippen molar-refractivity contribution in [1.29, 1.82) is 0 Å². The number of fused-ring (bicyclic) bond motifs is 1. The number of anilines is 1. The highest BCUT2D eigenvalue weighted by Crippen LogP contribution is 2.32. The van der Waals surface area contributed by atoms with Gasteiger partial charge < -0.3 is 10.2 Å². The normalized spacial score (nSPS) is 16.9. The number of nitrogens with zero attached hydrogens (tertiary/aromatic N) is 4. The van der Waals surface area contributed by atoms with Crippen molar-refractivity contribution < 1.29 is 9.59 Å². The fraction of sp³-hybridized carbons (Fsp3) is 0.435. The number of thiazole rings is 1. The second-order valence-electron chi connectivity index (χ2n) is 8.04. The van der Waals surface area contributed by atoms with Crippen LogP contribution in [0.25, 0.3) is 11.3 Å². The van der Waals surface area contributed by atoms with Gasteiger partial charge in [0, 0.05) is 55.9 Å². The molecule has 1 saturated heterocycles. The van der Waals surface area contributed by atoms with Crippen LogP contribution in [0.4, 0.5) is 5.69 Å². The van der Waals surface area contributed by atoms with Crippen molar-refractivity contribution in [3.63, 3.8) is 0 Å². The largest absolute Gasteiger partial charge is 0.352 e. The van der Waals surface area contributed by atoms with Gasteiger partial charge in [-0.1, -0.05) is 12.1 Å². The summed E-state index contributed by atoms with van der Waals surface area (Å²) in [5, 5.41) is 5.95. The molecule has 8 heteroatoms. The molecule has 1 aromatic carbocycles. The lowest BCUT2D eigenvalue weighted by Gasteiger charge is -2.34. The Morgan fingerprint density at radius 2 is 1.90 bits per heavy atom. The lowest BCUT2D eigenvalue weighted by Crippen LogP contribution is -2.51. The summed E-state index contributed by atoms with van der Waals surface area (Å²) in [6, 6.07) is 6.30. The molecule has 0 atom stereocenters. The van der Waals surface area contributed by atoms with Gasteiger partial charge in [-0.2, -0.15) is 0 Å². The van der Waals surface area contributed by atoms with Crippen LogP contribution in [0.15, 0.2) is 36.2 Å². The molecular weight excluding hydrogens is 410 g/mol. The molecule has 1 aromatic heterocycles. The quantitative estimate of drug-likeness (QED) is 0.668. The predicted molar refractivity (Wildman–Crippen MR) is 124 cm³/mol. The van der Waals surface area contributed by atoms with Crippen LogP contribution in [0, 0.1) is 6.92 Å². The summed E-state index contributed by atoms with van der Waals surface area (Å²) >= 11 is 1.65. The maximum absolute atomic E-state index is 13.0. The van der Waals surface area contributed by atoms with Crippen molar-refractivity contribution in [3.8, 4) is 11.3 Å². The molecule has 0 saturated carbocycles. The zero-order valence-electron chi connectivity index (χ0n) is 18.0. The van der Waals surface area contributed by atoms with Crippen molar-refractivity contribution in [3.05, 3.63) is 46.8 Å². The molecule has 1 fully saturated rings. The van der Waals surface area contributed by atoms with Gasteiger partial charge in [0.2, 0.25) is 11.8 Å². The second kappa shape index (κ2) is 9.72. The highest BCUT2D eigenvalue weighted by Gasteiger charge is 2.28. The average Bonchev–Trinajstić information content (AvgIpc) is 3.39. The molecule has 2 aliphatic heterocycles. The Kier molecular flexibility index (Phi) is 6.80. The minimum Gasteiger partial charge on any atom is -0.352 e. The summed E-state index contributed by atoms with van der Waals surface area (Å²) in [6.07, 6.45) is 2.56. The molecular formula is C23H29N5O2S. The standard InChI is InChI=1S/C23H29N5O2S/c1-3-7-24-22(29)14-26-9-11-27(12-10-26)15-23(30)28-8-6-19-13-18(4-5-21(19)28)20-16-31-17(2)25-20/h3-5,13,16H,1,6-12,14-15H2,2H3,(H,24,29). The second-order valence-corrected chi connectivity index (χ2v) is 9.10. The van der Waals surface area contributed by atoms with Gasteiger partial charge in [-0.05, 0) is 31.0 Å². The Hall–Kier alpha value is -2.55. The number of nitrogens with one attached hydrogen (secondary N) is 1. The lowest BCUT2D eigenvalue weighted by molar-refractivity contribution is -0.123. The van der Waals surface area contributed by atoms with E-state index in [-0.39, 0.29) is 11.8 Å². The van der Waals surface area contributed by atoms with E-state index < -0.39 is 0 Å². The third-order valence-corrected chi connectivity index (χ3v) is 6.60. The van der Waals surface area contributed by atoms with Gasteiger partial charge in [-0.15, -0.1) is 17.9 Å². The van der Waals surface area contributed by atoms with E-state index in [4.69, 9.17) is 0 Å². The molecule has 0 radical (unpaired) electrons. The summed E-state index contributed by atoms with van der Waals surface area (Å²) in [5.74, 6) is 0.165. The number of benzene rings is 1.